The number of rotatable bonds is 4. The number of carbonyl (C=O) groups is 1. The number of hydrogen-bond acceptors (Lipinski definition) is 7. The van der Waals surface area contributed by atoms with E-state index in [1.807, 2.05) is 49.4 Å². The van der Waals surface area contributed by atoms with E-state index in [4.69, 9.17) is 4.42 Å². The van der Waals surface area contributed by atoms with Crippen LogP contribution in [0.2, 0.25) is 0 Å². The summed E-state index contributed by atoms with van der Waals surface area (Å²) in [5.41, 5.74) is 3.10. The second kappa shape index (κ2) is 8.30. The van der Waals surface area contributed by atoms with Gasteiger partial charge in [0.1, 0.15) is 10.6 Å². The zero-order valence-electron chi connectivity index (χ0n) is 18.4. The maximum atomic E-state index is 12.9. The summed E-state index contributed by atoms with van der Waals surface area (Å²) in [6.45, 7) is 1.85. The number of anilines is 1. The predicted molar refractivity (Wildman–Crippen MR) is 135 cm³/mol. The fourth-order valence-electron chi connectivity index (χ4n) is 3.82. The van der Waals surface area contributed by atoms with Gasteiger partial charge in [-0.3, -0.25) is 4.79 Å². The highest BCUT2D eigenvalue weighted by Crippen LogP contribution is 2.27. The van der Waals surface area contributed by atoms with E-state index in [0.717, 1.165) is 26.7 Å². The van der Waals surface area contributed by atoms with E-state index >= 15 is 0 Å². The third-order valence-electron chi connectivity index (χ3n) is 5.61. The number of carbonyl (C=O) groups excluding carboxylic acids is 1. The normalized spacial score (nSPS) is 11.2. The second-order valence-electron chi connectivity index (χ2n) is 7.95. The van der Waals surface area contributed by atoms with Crippen molar-refractivity contribution in [1.29, 1.82) is 0 Å². The molecule has 0 fully saturated rings. The lowest BCUT2D eigenvalue weighted by Crippen LogP contribution is -2.12. The Bertz CT molecular complexity index is 1780. The van der Waals surface area contributed by atoms with Crippen LogP contribution in [-0.4, -0.2) is 25.7 Å². The first-order chi connectivity index (χ1) is 17.0. The Hall–Kier alpha value is -4.63. The lowest BCUT2D eigenvalue weighted by Gasteiger charge is -2.08. The summed E-state index contributed by atoms with van der Waals surface area (Å²) < 4.78 is 7.15. The van der Waals surface area contributed by atoms with E-state index in [1.54, 1.807) is 40.9 Å². The molecule has 35 heavy (non-hydrogen) atoms. The molecule has 9 heteroatoms. The Kier molecular flexibility index (Phi) is 4.97. The number of hydrogen-bond donors (Lipinski definition) is 1. The minimum absolute atomic E-state index is 0.279. The van der Waals surface area contributed by atoms with Gasteiger partial charge in [-0.25, -0.2) is 4.79 Å². The van der Waals surface area contributed by atoms with E-state index < -0.39 is 5.63 Å². The van der Waals surface area contributed by atoms with Crippen LogP contribution in [0.1, 0.15) is 16.2 Å². The molecule has 1 amide bonds. The van der Waals surface area contributed by atoms with E-state index in [1.165, 1.54) is 11.3 Å². The lowest BCUT2D eigenvalue weighted by atomic mass is 10.0. The highest BCUT2D eigenvalue weighted by molar-refractivity contribution is 7.19. The summed E-state index contributed by atoms with van der Waals surface area (Å²) in [7, 11) is 0. The number of aryl methyl sites for hydroxylation is 1. The molecule has 0 aliphatic heterocycles. The molecular weight excluding hydrogens is 462 g/mol. The molecule has 0 aliphatic carbocycles. The van der Waals surface area contributed by atoms with Gasteiger partial charge in [0.05, 0.1) is 5.56 Å². The van der Waals surface area contributed by atoms with Gasteiger partial charge in [-0.2, -0.15) is 9.61 Å². The molecule has 3 heterocycles. The molecule has 0 saturated heterocycles. The van der Waals surface area contributed by atoms with Gasteiger partial charge in [-0.15, -0.1) is 10.2 Å². The predicted octanol–water partition coefficient (Wildman–Crippen LogP) is 5.19. The summed E-state index contributed by atoms with van der Waals surface area (Å²) in [4.78, 5) is 26.2. The van der Waals surface area contributed by atoms with Gasteiger partial charge in [0.25, 0.3) is 5.91 Å². The van der Waals surface area contributed by atoms with Crippen LogP contribution < -0.4 is 10.9 Å². The van der Waals surface area contributed by atoms with Gasteiger partial charge in [0.15, 0.2) is 5.82 Å². The highest BCUT2D eigenvalue weighted by Gasteiger charge is 2.13. The van der Waals surface area contributed by atoms with Crippen molar-refractivity contribution in [2.75, 3.05) is 5.32 Å². The Balaban J connectivity index is 1.24. The molecule has 0 atom stereocenters. The maximum absolute atomic E-state index is 12.9. The van der Waals surface area contributed by atoms with E-state index in [2.05, 4.69) is 20.6 Å². The van der Waals surface area contributed by atoms with E-state index in [9.17, 15) is 9.59 Å². The quantitative estimate of drug-likeness (QED) is 0.349. The molecule has 8 nitrogen and oxygen atoms in total. The van der Waals surface area contributed by atoms with Crippen molar-refractivity contribution < 1.29 is 9.21 Å². The molecule has 0 aliphatic rings. The first-order valence-corrected chi connectivity index (χ1v) is 11.6. The van der Waals surface area contributed by atoms with Crippen molar-refractivity contribution >= 4 is 38.9 Å². The van der Waals surface area contributed by atoms with Gasteiger partial charge in [-0.05, 0) is 61.0 Å². The van der Waals surface area contributed by atoms with Crippen LogP contribution in [0.5, 0.6) is 0 Å². The SMILES string of the molecule is Cc1nnc2sc(-c3ccc(NC(=O)c4cccc(-c5cc6ccccc6oc5=O)c4)cc3)nn12. The van der Waals surface area contributed by atoms with Crippen LogP contribution in [0.15, 0.2) is 88.1 Å². The second-order valence-corrected chi connectivity index (χ2v) is 8.90. The number of benzene rings is 3. The Morgan fingerprint density at radius 3 is 2.60 bits per heavy atom. The number of fused-ring (bicyclic) bond motifs is 2. The summed E-state index contributed by atoms with van der Waals surface area (Å²) in [6, 6.07) is 23.5. The van der Waals surface area contributed by atoms with Crippen molar-refractivity contribution in [2.45, 2.75) is 6.92 Å². The zero-order valence-corrected chi connectivity index (χ0v) is 19.2. The number of para-hydroxylation sites is 1. The van der Waals surface area contributed by atoms with Crippen LogP contribution in [0.4, 0.5) is 5.69 Å². The summed E-state index contributed by atoms with van der Waals surface area (Å²) in [5.74, 6) is 0.453. The van der Waals surface area contributed by atoms with Gasteiger partial charge in [0.2, 0.25) is 4.96 Å². The lowest BCUT2D eigenvalue weighted by molar-refractivity contribution is 0.102. The smallest absolute Gasteiger partial charge is 0.344 e. The number of nitrogens with zero attached hydrogens (tertiary/aromatic N) is 4. The van der Waals surface area contributed by atoms with E-state index in [-0.39, 0.29) is 5.91 Å². The molecule has 0 radical (unpaired) electrons. The van der Waals surface area contributed by atoms with Crippen molar-refractivity contribution in [3.05, 3.63) is 101 Å². The van der Waals surface area contributed by atoms with Crippen LogP contribution in [0.3, 0.4) is 0 Å². The first-order valence-electron chi connectivity index (χ1n) is 10.8. The Labute approximate surface area is 202 Å². The minimum atomic E-state index is -0.447. The largest absolute Gasteiger partial charge is 0.422 e. The molecule has 6 rings (SSSR count). The third-order valence-corrected chi connectivity index (χ3v) is 6.56. The molecule has 0 bridgehead atoms. The number of aromatic nitrogens is 4. The third kappa shape index (κ3) is 3.87. The zero-order chi connectivity index (χ0) is 23.9. The average molecular weight is 480 g/mol. The van der Waals surface area contributed by atoms with Gasteiger partial charge < -0.3 is 9.73 Å². The molecule has 3 aromatic heterocycles. The Morgan fingerprint density at radius 2 is 1.77 bits per heavy atom. The molecule has 170 valence electrons. The first kappa shape index (κ1) is 20.9. The van der Waals surface area contributed by atoms with Crippen molar-refractivity contribution in [2.24, 2.45) is 0 Å². The highest BCUT2D eigenvalue weighted by atomic mass is 32.1. The van der Waals surface area contributed by atoms with Crippen molar-refractivity contribution in [3.63, 3.8) is 0 Å². The van der Waals surface area contributed by atoms with Gasteiger partial charge in [-0.1, -0.05) is 41.7 Å². The van der Waals surface area contributed by atoms with Crippen LogP contribution in [-0.2, 0) is 0 Å². The number of nitrogens with one attached hydrogen (secondary N) is 1. The van der Waals surface area contributed by atoms with Gasteiger partial charge >= 0.3 is 5.63 Å². The van der Waals surface area contributed by atoms with Crippen LogP contribution in [0.25, 0.3) is 37.6 Å². The molecule has 0 spiro atoms. The Morgan fingerprint density at radius 1 is 0.943 bits per heavy atom. The average Bonchev–Trinajstić information content (AvgIpc) is 3.46. The minimum Gasteiger partial charge on any atom is -0.422 e. The molecule has 6 aromatic rings. The standard InChI is InChI=1S/C26H17N5O3S/c1-15-28-29-26-31(15)30-24(35-26)16-9-11-20(12-10-16)27-23(32)19-7-4-6-17(13-19)21-14-18-5-2-3-8-22(18)34-25(21)33/h2-14H,1H3,(H,27,32). The summed E-state index contributed by atoms with van der Waals surface area (Å²) in [6.07, 6.45) is 0. The van der Waals surface area contributed by atoms with Crippen molar-refractivity contribution in [1.82, 2.24) is 19.8 Å². The molecule has 3 aromatic carbocycles. The summed E-state index contributed by atoms with van der Waals surface area (Å²) in [5, 5.41) is 17.2. The maximum Gasteiger partial charge on any atom is 0.344 e. The topological polar surface area (TPSA) is 102 Å². The molecule has 0 saturated carbocycles. The molecule has 0 unspecified atom stereocenters. The molecular formula is C26H17N5O3S. The fourth-order valence-corrected chi connectivity index (χ4v) is 4.71. The monoisotopic (exact) mass is 479 g/mol. The van der Waals surface area contributed by atoms with Crippen LogP contribution in [0, 0.1) is 6.92 Å². The van der Waals surface area contributed by atoms with Crippen molar-refractivity contribution in [3.8, 4) is 21.7 Å². The number of amides is 1. The van der Waals surface area contributed by atoms with E-state index in [0.29, 0.717) is 28.0 Å². The van der Waals surface area contributed by atoms with Crippen LogP contribution >= 0.6 is 11.3 Å². The summed E-state index contributed by atoms with van der Waals surface area (Å²) >= 11 is 1.45. The van der Waals surface area contributed by atoms with Gasteiger partial charge in [0, 0.05) is 22.2 Å². The molecule has 1 N–H and O–H groups in total. The fraction of sp³-hybridized carbons (Fsp3) is 0.0385.